The van der Waals surface area contributed by atoms with E-state index >= 15 is 0 Å². The van der Waals surface area contributed by atoms with Crippen LogP contribution in [0.25, 0.3) is 0 Å². The number of benzene rings is 1. The van der Waals surface area contributed by atoms with Crippen molar-refractivity contribution in [2.45, 2.75) is 6.04 Å². The number of carbonyl (C=O) groups is 1. The molecule has 0 unspecified atom stereocenters. The summed E-state index contributed by atoms with van der Waals surface area (Å²) in [5, 5.41) is 11.9. The molecular weight excluding hydrogens is 256 g/mol. The fourth-order valence-corrected chi connectivity index (χ4v) is 2.45. The number of anilines is 1. The maximum atomic E-state index is 12.0. The van der Waals surface area contributed by atoms with Gasteiger partial charge in [-0.05, 0) is 5.56 Å². The second-order valence-electron chi connectivity index (χ2n) is 4.46. The molecule has 0 saturated heterocycles. The van der Waals surface area contributed by atoms with Gasteiger partial charge in [-0.15, -0.1) is 0 Å². The van der Waals surface area contributed by atoms with Crippen molar-refractivity contribution in [1.82, 2.24) is 10.3 Å². The minimum atomic E-state index is -0.576. The van der Waals surface area contributed by atoms with Crippen molar-refractivity contribution in [2.24, 2.45) is 0 Å². The highest BCUT2D eigenvalue weighted by Crippen LogP contribution is 2.32. The van der Waals surface area contributed by atoms with Gasteiger partial charge in [0.2, 0.25) is 0 Å². The first-order valence-corrected chi connectivity index (χ1v) is 5.95. The van der Waals surface area contributed by atoms with E-state index in [9.17, 15) is 14.9 Å². The van der Waals surface area contributed by atoms with E-state index in [0.29, 0.717) is 5.56 Å². The molecule has 2 aromatic rings. The molecule has 1 atom stereocenters. The molecule has 1 aliphatic heterocycles. The number of nitrogens with zero attached hydrogens (tertiary/aromatic N) is 1. The number of hydrogen-bond acceptors (Lipinski definition) is 4. The Kier molecular flexibility index (Phi) is 2.54. The van der Waals surface area contributed by atoms with Crippen molar-refractivity contribution in [2.75, 3.05) is 5.73 Å². The molecule has 1 aliphatic rings. The predicted molar refractivity (Wildman–Crippen MR) is 71.9 cm³/mol. The third-order valence-corrected chi connectivity index (χ3v) is 3.32. The van der Waals surface area contributed by atoms with Crippen LogP contribution in [0.2, 0.25) is 0 Å². The molecule has 1 amide bonds. The van der Waals surface area contributed by atoms with Crippen LogP contribution in [0.15, 0.2) is 35.1 Å². The SMILES string of the molecule is N#Cc1c(N)[nH]c(=O)c2c1[C@@H](c1ccccc1)NC2=O. The smallest absolute Gasteiger partial charge is 0.262 e. The minimum Gasteiger partial charge on any atom is -0.384 e. The van der Waals surface area contributed by atoms with Crippen LogP contribution in [0.5, 0.6) is 0 Å². The van der Waals surface area contributed by atoms with Crippen molar-refractivity contribution >= 4 is 11.7 Å². The summed E-state index contributed by atoms with van der Waals surface area (Å²) in [7, 11) is 0. The van der Waals surface area contributed by atoms with E-state index in [1.165, 1.54) is 0 Å². The van der Waals surface area contributed by atoms with E-state index in [2.05, 4.69) is 10.3 Å². The van der Waals surface area contributed by atoms with Gasteiger partial charge in [-0.3, -0.25) is 9.59 Å². The van der Waals surface area contributed by atoms with Crippen LogP contribution < -0.4 is 16.6 Å². The molecule has 0 fully saturated rings. The Balaban J connectivity index is 2.32. The predicted octanol–water partition coefficient (Wildman–Crippen LogP) is 0.662. The zero-order valence-electron chi connectivity index (χ0n) is 10.3. The van der Waals surface area contributed by atoms with Crippen LogP contribution in [-0.2, 0) is 0 Å². The average Bonchev–Trinajstić information content (AvgIpc) is 2.78. The molecule has 1 aromatic carbocycles. The molecule has 2 heterocycles. The Hall–Kier alpha value is -3.07. The number of nitrogen functional groups attached to an aromatic ring is 1. The van der Waals surface area contributed by atoms with Crippen molar-refractivity contribution in [3.63, 3.8) is 0 Å². The van der Waals surface area contributed by atoms with Crippen LogP contribution in [0, 0.1) is 11.3 Å². The van der Waals surface area contributed by atoms with Gasteiger partial charge >= 0.3 is 0 Å². The summed E-state index contributed by atoms with van der Waals surface area (Å²) in [5.41, 5.74) is 6.34. The van der Waals surface area contributed by atoms with E-state index < -0.39 is 17.5 Å². The van der Waals surface area contributed by atoms with E-state index in [1.807, 2.05) is 36.4 Å². The lowest BCUT2D eigenvalue weighted by Gasteiger charge is -2.13. The summed E-state index contributed by atoms with van der Waals surface area (Å²) < 4.78 is 0. The van der Waals surface area contributed by atoms with Gasteiger partial charge in [-0.2, -0.15) is 5.26 Å². The van der Waals surface area contributed by atoms with E-state index in [1.54, 1.807) is 0 Å². The number of pyridine rings is 1. The number of nitriles is 1. The third-order valence-electron chi connectivity index (χ3n) is 3.32. The largest absolute Gasteiger partial charge is 0.384 e. The molecule has 0 bridgehead atoms. The van der Waals surface area contributed by atoms with Gasteiger partial charge in [0.25, 0.3) is 11.5 Å². The Morgan fingerprint density at radius 3 is 2.55 bits per heavy atom. The fourth-order valence-electron chi connectivity index (χ4n) is 2.45. The molecule has 4 N–H and O–H groups in total. The second-order valence-corrected chi connectivity index (χ2v) is 4.46. The second kappa shape index (κ2) is 4.24. The van der Waals surface area contributed by atoms with Crippen LogP contribution in [-0.4, -0.2) is 10.9 Å². The molecule has 20 heavy (non-hydrogen) atoms. The fraction of sp³-hybridized carbons (Fsp3) is 0.0714. The third kappa shape index (κ3) is 1.57. The molecule has 3 rings (SSSR count). The van der Waals surface area contributed by atoms with E-state index in [-0.39, 0.29) is 16.9 Å². The number of aromatic nitrogens is 1. The summed E-state index contributed by atoms with van der Waals surface area (Å²) in [6.07, 6.45) is 0. The maximum Gasteiger partial charge on any atom is 0.262 e. The first-order chi connectivity index (χ1) is 9.63. The van der Waals surface area contributed by atoms with E-state index in [4.69, 9.17) is 5.73 Å². The molecule has 6 nitrogen and oxygen atoms in total. The monoisotopic (exact) mass is 266 g/mol. The lowest BCUT2D eigenvalue weighted by molar-refractivity contribution is 0.0959. The standard InChI is InChI=1S/C14H10N4O2/c15-6-8-9-10(14(20)18-12(8)16)13(19)17-11(9)7-4-2-1-3-5-7/h1-5,11H,(H,17,19)(H3,16,18,20)/t11-/m1/s1. The number of H-pyrrole nitrogens is 1. The van der Waals surface area contributed by atoms with Crippen LogP contribution in [0.4, 0.5) is 5.82 Å². The summed E-state index contributed by atoms with van der Waals surface area (Å²) in [6, 6.07) is 10.6. The van der Waals surface area contributed by atoms with Gasteiger partial charge in [0.1, 0.15) is 17.5 Å². The molecule has 6 heteroatoms. The quantitative estimate of drug-likeness (QED) is 0.703. The summed E-state index contributed by atoms with van der Waals surface area (Å²) in [5.74, 6) is -0.514. The van der Waals surface area contributed by atoms with Crippen LogP contribution >= 0.6 is 0 Å². The Labute approximate surface area is 113 Å². The highest BCUT2D eigenvalue weighted by Gasteiger charge is 2.35. The lowest BCUT2D eigenvalue weighted by atomic mass is 9.95. The zero-order chi connectivity index (χ0) is 14.3. The molecule has 0 spiro atoms. The first-order valence-electron chi connectivity index (χ1n) is 5.95. The molecule has 0 saturated carbocycles. The van der Waals surface area contributed by atoms with Gasteiger partial charge in [0, 0.05) is 5.56 Å². The number of nitrogens with one attached hydrogen (secondary N) is 2. The van der Waals surface area contributed by atoms with Gasteiger partial charge in [-0.1, -0.05) is 30.3 Å². The number of amides is 1. The maximum absolute atomic E-state index is 12.0. The topological polar surface area (TPSA) is 112 Å². The van der Waals surface area contributed by atoms with E-state index in [0.717, 1.165) is 5.56 Å². The molecule has 0 radical (unpaired) electrons. The van der Waals surface area contributed by atoms with Crippen LogP contribution in [0.3, 0.4) is 0 Å². The Morgan fingerprint density at radius 1 is 1.20 bits per heavy atom. The van der Waals surface area contributed by atoms with Crippen molar-refractivity contribution < 1.29 is 4.79 Å². The molecule has 0 aliphatic carbocycles. The first kappa shape index (κ1) is 12.0. The number of fused-ring (bicyclic) bond motifs is 1. The minimum absolute atomic E-state index is 0.0197. The summed E-state index contributed by atoms with van der Waals surface area (Å²) in [4.78, 5) is 26.2. The summed E-state index contributed by atoms with van der Waals surface area (Å²) >= 11 is 0. The molecule has 1 aromatic heterocycles. The Morgan fingerprint density at radius 2 is 1.90 bits per heavy atom. The van der Waals surface area contributed by atoms with Gasteiger partial charge in [0.15, 0.2) is 0 Å². The van der Waals surface area contributed by atoms with Crippen molar-refractivity contribution in [3.8, 4) is 6.07 Å². The highest BCUT2D eigenvalue weighted by molar-refractivity contribution is 6.00. The number of carbonyl (C=O) groups excluding carboxylic acids is 1. The number of rotatable bonds is 1. The number of nitrogens with two attached hydrogens (primary N) is 1. The van der Waals surface area contributed by atoms with Crippen LogP contribution in [0.1, 0.15) is 33.1 Å². The molecular formula is C14H10N4O2. The van der Waals surface area contributed by atoms with Crippen molar-refractivity contribution in [1.29, 1.82) is 5.26 Å². The highest BCUT2D eigenvalue weighted by atomic mass is 16.2. The summed E-state index contributed by atoms with van der Waals surface area (Å²) in [6.45, 7) is 0. The van der Waals surface area contributed by atoms with Gasteiger partial charge < -0.3 is 16.0 Å². The van der Waals surface area contributed by atoms with Gasteiger partial charge in [-0.25, -0.2) is 0 Å². The van der Waals surface area contributed by atoms with Crippen molar-refractivity contribution in [3.05, 3.63) is 62.9 Å². The normalized spacial score (nSPS) is 16.4. The molecule has 98 valence electrons. The lowest BCUT2D eigenvalue weighted by Crippen LogP contribution is -2.23. The number of aromatic amines is 1. The van der Waals surface area contributed by atoms with Gasteiger partial charge in [0.05, 0.1) is 11.6 Å². The Bertz CT molecular complexity index is 802. The zero-order valence-corrected chi connectivity index (χ0v) is 10.3. The average molecular weight is 266 g/mol. The number of hydrogen-bond donors (Lipinski definition) is 3.